The van der Waals surface area contributed by atoms with E-state index in [-0.39, 0.29) is 0 Å². The highest BCUT2D eigenvalue weighted by Gasteiger charge is 2.15. The summed E-state index contributed by atoms with van der Waals surface area (Å²) >= 11 is 3.22. The van der Waals surface area contributed by atoms with Crippen LogP contribution in [0.5, 0.6) is 0 Å². The molecule has 1 aromatic heterocycles. The van der Waals surface area contributed by atoms with Crippen molar-refractivity contribution in [2.75, 3.05) is 30.8 Å². The summed E-state index contributed by atoms with van der Waals surface area (Å²) in [4.78, 5) is 0. The molecule has 0 aromatic carbocycles. The standard InChI is InChI=1S/C9H16N4OS2/c10-3-5-15-9-13-12-8(16-9)11-6-7-2-1-4-14-7/h7H,1-6,10H2,(H,11,12). The molecule has 2 heterocycles. The molecule has 1 unspecified atom stereocenters. The second-order valence-electron chi connectivity index (χ2n) is 3.53. The van der Waals surface area contributed by atoms with Crippen LogP contribution in [0.4, 0.5) is 5.13 Å². The van der Waals surface area contributed by atoms with Gasteiger partial charge in [-0.1, -0.05) is 23.1 Å². The fourth-order valence-corrected chi connectivity index (χ4v) is 3.09. The number of nitrogens with two attached hydrogens (primary N) is 1. The molecule has 1 saturated heterocycles. The predicted octanol–water partition coefficient (Wildman–Crippen LogP) is 1.18. The lowest BCUT2D eigenvalue weighted by molar-refractivity contribution is 0.120. The van der Waals surface area contributed by atoms with Crippen molar-refractivity contribution in [1.29, 1.82) is 0 Å². The van der Waals surface area contributed by atoms with E-state index in [0.717, 1.165) is 34.8 Å². The summed E-state index contributed by atoms with van der Waals surface area (Å²) in [5, 5.41) is 12.3. The first-order valence-corrected chi connectivity index (χ1v) is 7.20. The summed E-state index contributed by atoms with van der Waals surface area (Å²) in [5.74, 6) is 0.889. The molecule has 1 fully saturated rings. The van der Waals surface area contributed by atoms with Crippen LogP contribution < -0.4 is 11.1 Å². The topological polar surface area (TPSA) is 73.1 Å². The largest absolute Gasteiger partial charge is 0.376 e. The van der Waals surface area contributed by atoms with E-state index in [1.807, 2.05) is 0 Å². The molecule has 3 N–H and O–H groups in total. The Labute approximate surface area is 103 Å². The number of hydrogen-bond donors (Lipinski definition) is 2. The van der Waals surface area contributed by atoms with Gasteiger partial charge in [0.1, 0.15) is 0 Å². The minimum Gasteiger partial charge on any atom is -0.376 e. The van der Waals surface area contributed by atoms with Crippen LogP contribution in [0, 0.1) is 0 Å². The van der Waals surface area contributed by atoms with Crippen molar-refractivity contribution in [2.24, 2.45) is 5.73 Å². The average Bonchev–Trinajstić information content (AvgIpc) is 2.95. The molecule has 0 saturated carbocycles. The van der Waals surface area contributed by atoms with Gasteiger partial charge in [0, 0.05) is 25.4 Å². The van der Waals surface area contributed by atoms with Crippen molar-refractivity contribution in [1.82, 2.24) is 10.2 Å². The zero-order valence-electron chi connectivity index (χ0n) is 9.02. The van der Waals surface area contributed by atoms with Crippen molar-refractivity contribution in [3.63, 3.8) is 0 Å². The first-order chi connectivity index (χ1) is 7.88. The molecule has 0 amide bonds. The van der Waals surface area contributed by atoms with E-state index in [0.29, 0.717) is 12.6 Å². The Kier molecular flexibility index (Phi) is 4.83. The van der Waals surface area contributed by atoms with Gasteiger partial charge in [0.05, 0.1) is 6.10 Å². The number of ether oxygens (including phenoxy) is 1. The maximum atomic E-state index is 5.52. The first kappa shape index (κ1) is 12.1. The Hall–Kier alpha value is -0.370. The van der Waals surface area contributed by atoms with Crippen molar-refractivity contribution < 1.29 is 4.74 Å². The lowest BCUT2D eigenvalue weighted by Crippen LogP contribution is -2.18. The molecule has 1 atom stereocenters. The minimum absolute atomic E-state index is 0.337. The average molecular weight is 260 g/mol. The number of rotatable bonds is 6. The Morgan fingerprint density at radius 1 is 1.56 bits per heavy atom. The molecule has 1 aromatic rings. The van der Waals surface area contributed by atoms with Gasteiger partial charge >= 0.3 is 0 Å². The molecule has 0 radical (unpaired) electrons. The quantitative estimate of drug-likeness (QED) is 0.748. The van der Waals surface area contributed by atoms with Crippen LogP contribution in [0.2, 0.25) is 0 Å². The Morgan fingerprint density at radius 3 is 3.25 bits per heavy atom. The molecule has 90 valence electrons. The molecule has 5 nitrogen and oxygen atoms in total. The maximum Gasteiger partial charge on any atom is 0.206 e. The molecule has 1 aliphatic heterocycles. The van der Waals surface area contributed by atoms with E-state index >= 15 is 0 Å². The highest BCUT2D eigenvalue weighted by Crippen LogP contribution is 2.25. The van der Waals surface area contributed by atoms with Gasteiger partial charge in [0.25, 0.3) is 0 Å². The number of aromatic nitrogens is 2. The van der Waals surface area contributed by atoms with Gasteiger partial charge in [0.2, 0.25) is 5.13 Å². The Morgan fingerprint density at radius 2 is 2.50 bits per heavy atom. The molecule has 7 heteroatoms. The number of hydrogen-bond acceptors (Lipinski definition) is 7. The molecular formula is C9H16N4OS2. The Bertz CT molecular complexity index is 314. The highest BCUT2D eigenvalue weighted by molar-refractivity contribution is 8.01. The fourth-order valence-electron chi connectivity index (χ4n) is 1.49. The maximum absolute atomic E-state index is 5.52. The van der Waals surface area contributed by atoms with Crippen molar-refractivity contribution in [2.45, 2.75) is 23.3 Å². The van der Waals surface area contributed by atoms with E-state index in [9.17, 15) is 0 Å². The van der Waals surface area contributed by atoms with Gasteiger partial charge in [0.15, 0.2) is 4.34 Å². The van der Waals surface area contributed by atoms with Crippen LogP contribution in [-0.4, -0.2) is 41.8 Å². The van der Waals surface area contributed by atoms with E-state index in [2.05, 4.69) is 15.5 Å². The summed E-state index contributed by atoms with van der Waals surface area (Å²) in [7, 11) is 0. The monoisotopic (exact) mass is 260 g/mol. The van der Waals surface area contributed by atoms with Gasteiger partial charge in [-0.05, 0) is 12.8 Å². The third-order valence-corrected chi connectivity index (χ3v) is 4.30. The molecule has 1 aliphatic rings. The summed E-state index contributed by atoms with van der Waals surface area (Å²) < 4.78 is 6.49. The van der Waals surface area contributed by atoms with Crippen LogP contribution >= 0.6 is 23.1 Å². The number of nitrogens with one attached hydrogen (secondary N) is 1. The molecular weight excluding hydrogens is 244 g/mol. The number of anilines is 1. The minimum atomic E-state index is 0.337. The lowest BCUT2D eigenvalue weighted by Gasteiger charge is -2.08. The number of nitrogens with zero attached hydrogens (tertiary/aromatic N) is 2. The highest BCUT2D eigenvalue weighted by atomic mass is 32.2. The summed E-state index contributed by atoms with van der Waals surface area (Å²) in [6.45, 7) is 2.39. The SMILES string of the molecule is NCCSc1nnc(NCC2CCCO2)s1. The Balaban J connectivity index is 1.73. The van der Waals surface area contributed by atoms with Gasteiger partial charge in [-0.2, -0.15) is 0 Å². The van der Waals surface area contributed by atoms with Crippen molar-refractivity contribution in [3.8, 4) is 0 Å². The molecule has 0 spiro atoms. The van der Waals surface area contributed by atoms with E-state index < -0.39 is 0 Å². The first-order valence-electron chi connectivity index (χ1n) is 5.40. The second-order valence-corrected chi connectivity index (χ2v) is 5.85. The molecule has 16 heavy (non-hydrogen) atoms. The van der Waals surface area contributed by atoms with Crippen LogP contribution in [0.25, 0.3) is 0 Å². The van der Waals surface area contributed by atoms with Gasteiger partial charge in [-0.3, -0.25) is 0 Å². The van der Waals surface area contributed by atoms with Crippen LogP contribution in [0.1, 0.15) is 12.8 Å². The van der Waals surface area contributed by atoms with Gasteiger partial charge < -0.3 is 15.8 Å². The zero-order valence-corrected chi connectivity index (χ0v) is 10.6. The lowest BCUT2D eigenvalue weighted by atomic mass is 10.2. The normalized spacial score (nSPS) is 20.2. The second kappa shape index (κ2) is 6.39. The van der Waals surface area contributed by atoms with Crippen molar-refractivity contribution in [3.05, 3.63) is 0 Å². The molecule has 0 aliphatic carbocycles. The molecule has 2 rings (SSSR count). The zero-order chi connectivity index (χ0) is 11.2. The van der Waals surface area contributed by atoms with E-state index in [1.54, 1.807) is 23.1 Å². The fraction of sp³-hybridized carbons (Fsp3) is 0.778. The van der Waals surface area contributed by atoms with E-state index in [4.69, 9.17) is 10.5 Å². The summed E-state index contributed by atoms with van der Waals surface area (Å²) in [6, 6.07) is 0. The predicted molar refractivity (Wildman–Crippen MR) is 67.2 cm³/mol. The van der Waals surface area contributed by atoms with Gasteiger partial charge in [-0.25, -0.2) is 0 Å². The third kappa shape index (κ3) is 3.58. The molecule has 0 bridgehead atoms. The summed E-state index contributed by atoms with van der Waals surface area (Å²) in [6.07, 6.45) is 2.64. The smallest absolute Gasteiger partial charge is 0.206 e. The van der Waals surface area contributed by atoms with E-state index in [1.165, 1.54) is 6.42 Å². The van der Waals surface area contributed by atoms with Crippen LogP contribution in [0.15, 0.2) is 4.34 Å². The van der Waals surface area contributed by atoms with Crippen molar-refractivity contribution >= 4 is 28.2 Å². The summed E-state index contributed by atoms with van der Waals surface area (Å²) in [5.41, 5.74) is 5.43. The van der Waals surface area contributed by atoms with Crippen LogP contribution in [-0.2, 0) is 4.74 Å². The third-order valence-electron chi connectivity index (χ3n) is 2.25. The number of thioether (sulfide) groups is 1. The van der Waals surface area contributed by atoms with Gasteiger partial charge in [-0.15, -0.1) is 10.2 Å². The van der Waals surface area contributed by atoms with Crippen LogP contribution in [0.3, 0.4) is 0 Å².